The molecule has 2 saturated carbocycles. The van der Waals surface area contributed by atoms with Crippen molar-refractivity contribution in [2.24, 2.45) is 11.8 Å². The molecule has 0 aromatic carbocycles. The minimum absolute atomic E-state index is 0.0184. The quantitative estimate of drug-likeness (QED) is 0.762. The smallest absolute Gasteiger partial charge is 0.0580 e. The lowest BCUT2D eigenvalue weighted by Crippen LogP contribution is -2.40. The minimum atomic E-state index is -0.0184. The summed E-state index contributed by atoms with van der Waals surface area (Å²) in [6, 6.07) is 0.870. The molecular formula is C16H29NO. The molecule has 18 heavy (non-hydrogen) atoms. The number of likely N-dealkylation sites (tertiary alicyclic amines) is 1. The Morgan fingerprint density at radius 3 is 2.56 bits per heavy atom. The van der Waals surface area contributed by atoms with Gasteiger partial charge in [-0.2, -0.15) is 0 Å². The Bertz CT molecular complexity index is 268. The van der Waals surface area contributed by atoms with E-state index in [2.05, 4.69) is 4.90 Å². The molecular weight excluding hydrogens is 222 g/mol. The molecule has 104 valence electrons. The van der Waals surface area contributed by atoms with Gasteiger partial charge in [-0.3, -0.25) is 4.90 Å². The fourth-order valence-corrected chi connectivity index (χ4v) is 4.61. The summed E-state index contributed by atoms with van der Waals surface area (Å²) >= 11 is 0. The highest BCUT2D eigenvalue weighted by molar-refractivity contribution is 4.91. The first-order valence-electron chi connectivity index (χ1n) is 8.27. The predicted octanol–water partition coefficient (Wildman–Crippen LogP) is 3.19. The lowest BCUT2D eigenvalue weighted by Gasteiger charge is -2.34. The molecule has 0 spiro atoms. The molecule has 3 fully saturated rings. The third-order valence-corrected chi connectivity index (χ3v) is 5.71. The Morgan fingerprint density at radius 2 is 1.61 bits per heavy atom. The maximum atomic E-state index is 10.3. The van der Waals surface area contributed by atoms with Crippen molar-refractivity contribution < 1.29 is 5.11 Å². The zero-order valence-corrected chi connectivity index (χ0v) is 11.7. The molecule has 4 atom stereocenters. The maximum Gasteiger partial charge on any atom is 0.0580 e. The molecule has 1 saturated heterocycles. The second kappa shape index (κ2) is 5.92. The molecule has 1 N–H and O–H groups in total. The van der Waals surface area contributed by atoms with Gasteiger partial charge in [-0.25, -0.2) is 0 Å². The van der Waals surface area contributed by atoms with Crippen molar-refractivity contribution >= 4 is 0 Å². The molecule has 0 aromatic rings. The van der Waals surface area contributed by atoms with Crippen LogP contribution in [0.15, 0.2) is 0 Å². The van der Waals surface area contributed by atoms with Crippen LogP contribution in [0, 0.1) is 11.8 Å². The van der Waals surface area contributed by atoms with Crippen LogP contribution in [0.25, 0.3) is 0 Å². The highest BCUT2D eigenvalue weighted by Crippen LogP contribution is 2.37. The normalized spacial score (nSPS) is 42.5. The van der Waals surface area contributed by atoms with Crippen molar-refractivity contribution in [1.29, 1.82) is 0 Å². The average molecular weight is 251 g/mol. The van der Waals surface area contributed by atoms with Gasteiger partial charge in [0, 0.05) is 12.6 Å². The molecule has 2 nitrogen and oxygen atoms in total. The first-order chi connectivity index (χ1) is 8.84. The zero-order valence-electron chi connectivity index (χ0n) is 11.7. The number of hydrogen-bond donors (Lipinski definition) is 1. The third-order valence-electron chi connectivity index (χ3n) is 5.71. The van der Waals surface area contributed by atoms with Gasteiger partial charge in [0.25, 0.3) is 0 Å². The number of fused-ring (bicyclic) bond motifs is 1. The first kappa shape index (κ1) is 12.9. The Morgan fingerprint density at radius 1 is 0.833 bits per heavy atom. The van der Waals surface area contributed by atoms with E-state index in [1.54, 1.807) is 0 Å². The van der Waals surface area contributed by atoms with Gasteiger partial charge in [0.1, 0.15) is 0 Å². The van der Waals surface area contributed by atoms with E-state index in [0.29, 0.717) is 5.92 Å². The summed E-state index contributed by atoms with van der Waals surface area (Å²) in [5.74, 6) is 1.55. The number of aliphatic hydroxyl groups is 1. The van der Waals surface area contributed by atoms with Crippen molar-refractivity contribution in [2.45, 2.75) is 76.4 Å². The molecule has 3 rings (SSSR count). The van der Waals surface area contributed by atoms with Crippen LogP contribution in [-0.4, -0.2) is 35.2 Å². The summed E-state index contributed by atoms with van der Waals surface area (Å²) in [6.45, 7) is 2.49. The summed E-state index contributed by atoms with van der Waals surface area (Å²) in [5, 5.41) is 10.3. The molecule has 0 aromatic heterocycles. The van der Waals surface area contributed by atoms with Crippen LogP contribution in [0.3, 0.4) is 0 Å². The highest BCUT2D eigenvalue weighted by atomic mass is 16.3. The van der Waals surface area contributed by atoms with E-state index in [1.807, 2.05) is 0 Å². The van der Waals surface area contributed by atoms with Gasteiger partial charge < -0.3 is 5.11 Å². The fraction of sp³-hybridized carbons (Fsp3) is 1.00. The summed E-state index contributed by atoms with van der Waals surface area (Å²) in [5.41, 5.74) is 0. The molecule has 4 unspecified atom stereocenters. The van der Waals surface area contributed by atoms with Gasteiger partial charge in [0.15, 0.2) is 0 Å². The lowest BCUT2D eigenvalue weighted by molar-refractivity contribution is 0.0623. The van der Waals surface area contributed by atoms with Crippen LogP contribution < -0.4 is 0 Å². The monoisotopic (exact) mass is 251 g/mol. The van der Waals surface area contributed by atoms with E-state index in [-0.39, 0.29) is 6.10 Å². The molecule has 2 heteroatoms. The fourth-order valence-electron chi connectivity index (χ4n) is 4.61. The molecule has 2 aliphatic carbocycles. The number of aliphatic hydroxyl groups excluding tert-OH is 1. The summed E-state index contributed by atoms with van der Waals surface area (Å²) in [7, 11) is 0. The van der Waals surface area contributed by atoms with Gasteiger partial charge in [-0.05, 0) is 50.5 Å². The van der Waals surface area contributed by atoms with Crippen LogP contribution in [0.1, 0.15) is 64.2 Å². The van der Waals surface area contributed by atoms with Crippen molar-refractivity contribution in [2.75, 3.05) is 13.1 Å². The van der Waals surface area contributed by atoms with Gasteiger partial charge in [-0.15, -0.1) is 0 Å². The van der Waals surface area contributed by atoms with E-state index >= 15 is 0 Å². The van der Waals surface area contributed by atoms with Crippen LogP contribution in [0.5, 0.6) is 0 Å². The summed E-state index contributed by atoms with van der Waals surface area (Å²) in [6.07, 6.45) is 13.4. The van der Waals surface area contributed by atoms with E-state index in [4.69, 9.17) is 0 Å². The van der Waals surface area contributed by atoms with E-state index in [0.717, 1.165) is 18.4 Å². The van der Waals surface area contributed by atoms with E-state index in [9.17, 15) is 5.11 Å². The SMILES string of the molecule is OC1CCCCCC1CN1CCC2CCCCC21. The standard InChI is InChI=1S/C16H29NO/c18-16-9-3-1-2-7-14(16)12-17-11-10-13-6-4-5-8-15(13)17/h13-16,18H,1-12H2. The molecule has 1 aliphatic heterocycles. The Kier molecular flexibility index (Phi) is 4.25. The van der Waals surface area contributed by atoms with Crippen molar-refractivity contribution in [3.8, 4) is 0 Å². The zero-order chi connectivity index (χ0) is 12.4. The van der Waals surface area contributed by atoms with Crippen LogP contribution in [0.2, 0.25) is 0 Å². The molecule has 1 heterocycles. The number of nitrogens with zero attached hydrogens (tertiary/aromatic N) is 1. The number of rotatable bonds is 2. The maximum absolute atomic E-state index is 10.3. The van der Waals surface area contributed by atoms with Gasteiger partial charge in [0.05, 0.1) is 6.10 Å². The summed E-state index contributed by atoms with van der Waals surface area (Å²) < 4.78 is 0. The van der Waals surface area contributed by atoms with Crippen LogP contribution >= 0.6 is 0 Å². The number of hydrogen-bond acceptors (Lipinski definition) is 2. The predicted molar refractivity (Wildman–Crippen MR) is 74.5 cm³/mol. The van der Waals surface area contributed by atoms with Gasteiger partial charge in [0.2, 0.25) is 0 Å². The minimum Gasteiger partial charge on any atom is -0.393 e. The van der Waals surface area contributed by atoms with Crippen molar-refractivity contribution in [3.05, 3.63) is 0 Å². The van der Waals surface area contributed by atoms with Gasteiger partial charge >= 0.3 is 0 Å². The highest BCUT2D eigenvalue weighted by Gasteiger charge is 2.37. The lowest BCUT2D eigenvalue weighted by atomic mass is 9.85. The van der Waals surface area contributed by atoms with Crippen LogP contribution in [0.4, 0.5) is 0 Å². The third kappa shape index (κ3) is 2.75. The Hall–Kier alpha value is -0.0800. The van der Waals surface area contributed by atoms with E-state index < -0.39 is 0 Å². The first-order valence-corrected chi connectivity index (χ1v) is 8.27. The second-order valence-corrected chi connectivity index (χ2v) is 6.86. The molecule has 0 amide bonds. The second-order valence-electron chi connectivity index (χ2n) is 6.86. The average Bonchev–Trinajstić information content (AvgIpc) is 2.69. The molecule has 0 bridgehead atoms. The Labute approximate surface area is 112 Å². The topological polar surface area (TPSA) is 23.5 Å². The van der Waals surface area contributed by atoms with Crippen molar-refractivity contribution in [3.63, 3.8) is 0 Å². The Balaban J connectivity index is 1.58. The summed E-state index contributed by atoms with van der Waals surface area (Å²) in [4.78, 5) is 2.74. The van der Waals surface area contributed by atoms with E-state index in [1.165, 1.54) is 70.9 Å². The van der Waals surface area contributed by atoms with Crippen molar-refractivity contribution in [1.82, 2.24) is 4.90 Å². The molecule has 3 aliphatic rings. The molecule has 0 radical (unpaired) electrons. The van der Waals surface area contributed by atoms with Gasteiger partial charge in [-0.1, -0.05) is 32.1 Å². The largest absolute Gasteiger partial charge is 0.393 e. The van der Waals surface area contributed by atoms with Crippen LogP contribution in [-0.2, 0) is 0 Å².